The van der Waals surface area contributed by atoms with Crippen molar-refractivity contribution in [3.05, 3.63) is 30.1 Å². The first-order valence-electron chi connectivity index (χ1n) is 6.70. The van der Waals surface area contributed by atoms with Crippen LogP contribution in [0.15, 0.2) is 24.3 Å². The van der Waals surface area contributed by atoms with E-state index in [0.717, 1.165) is 16.8 Å². The maximum atomic E-state index is 12.0. The predicted octanol–water partition coefficient (Wildman–Crippen LogP) is 3.28. The van der Waals surface area contributed by atoms with Crippen LogP contribution in [0.5, 0.6) is 0 Å². The second-order valence-corrected chi connectivity index (χ2v) is 10.9. The highest BCUT2D eigenvalue weighted by Gasteiger charge is 2.16. The Kier molecular flexibility index (Phi) is 5.46. The zero-order valence-electron chi connectivity index (χ0n) is 12.6. The average Bonchev–Trinajstić information content (AvgIpc) is 2.80. The van der Waals surface area contributed by atoms with Crippen LogP contribution in [-0.2, 0) is 11.5 Å². The number of fused-ring (bicyclic) bond motifs is 1. The number of aromatic nitrogens is 2. The van der Waals surface area contributed by atoms with Gasteiger partial charge in [-0.2, -0.15) is 0 Å². The fourth-order valence-corrected chi connectivity index (χ4v) is 2.81. The van der Waals surface area contributed by atoms with Crippen LogP contribution in [0.4, 0.5) is 0 Å². The number of ether oxygens (including phenoxy) is 1. The van der Waals surface area contributed by atoms with Gasteiger partial charge in [0.05, 0.1) is 23.0 Å². The van der Waals surface area contributed by atoms with Crippen molar-refractivity contribution in [1.29, 1.82) is 0 Å². The number of para-hydroxylation sites is 2. The van der Waals surface area contributed by atoms with Crippen molar-refractivity contribution in [2.24, 2.45) is 0 Å². The van der Waals surface area contributed by atoms with E-state index in [4.69, 9.17) is 4.74 Å². The molecule has 0 aliphatic heterocycles. The van der Waals surface area contributed by atoms with E-state index < -0.39 is 10.0 Å². The fraction of sp³-hybridized carbons (Fsp3) is 0.467. The summed E-state index contributed by atoms with van der Waals surface area (Å²) in [5, 5.41) is 0.266. The third-order valence-electron chi connectivity index (χ3n) is 3.09. The topological polar surface area (TPSA) is 44.1 Å². The van der Waals surface area contributed by atoms with Crippen LogP contribution in [0, 0.1) is 0 Å². The van der Waals surface area contributed by atoms with Gasteiger partial charge >= 0.3 is 0 Å². The Morgan fingerprint density at radius 3 is 2.71 bits per heavy atom. The van der Waals surface area contributed by atoms with Crippen LogP contribution in [0.3, 0.4) is 0 Å². The van der Waals surface area contributed by atoms with Crippen molar-refractivity contribution >= 4 is 42.8 Å². The number of halogens is 1. The molecule has 2 aromatic rings. The molecule has 21 heavy (non-hydrogen) atoms. The third kappa shape index (κ3) is 4.31. The van der Waals surface area contributed by atoms with Crippen molar-refractivity contribution in [1.82, 2.24) is 9.55 Å². The summed E-state index contributed by atoms with van der Waals surface area (Å²) in [6, 6.07) is 7.75. The second-order valence-electron chi connectivity index (χ2n) is 5.74. The lowest BCUT2D eigenvalue weighted by molar-refractivity contribution is 0.0846. The monoisotopic (exact) mass is 372 g/mol. The molecular formula is C15H21BrN2O2S. The number of hydrogen-bond donors (Lipinski definition) is 0. The van der Waals surface area contributed by atoms with Crippen LogP contribution >= 0.6 is 26.0 Å². The third-order valence-corrected chi connectivity index (χ3v) is 4.99. The lowest BCUT2D eigenvalue weighted by Gasteiger charge is -2.24. The molecule has 1 heterocycles. The summed E-state index contributed by atoms with van der Waals surface area (Å²) in [5.41, 5.74) is 1.76. The zero-order valence-corrected chi connectivity index (χ0v) is 15.0. The van der Waals surface area contributed by atoms with E-state index >= 15 is 0 Å². The van der Waals surface area contributed by atoms with E-state index in [1.807, 2.05) is 28.8 Å². The number of carbonyl (C=O) groups is 1. The zero-order chi connectivity index (χ0) is 15.5. The molecule has 0 bridgehead atoms. The van der Waals surface area contributed by atoms with Gasteiger partial charge in [0.25, 0.3) is 0 Å². The van der Waals surface area contributed by atoms with E-state index in [0.29, 0.717) is 19.2 Å². The Morgan fingerprint density at radius 2 is 2.05 bits per heavy atom. The number of nitrogens with zero attached hydrogens (tertiary/aromatic N) is 2. The van der Waals surface area contributed by atoms with Gasteiger partial charge in [-0.15, -0.1) is 0 Å². The van der Waals surface area contributed by atoms with Gasteiger partial charge in [-0.3, -0.25) is 9.36 Å². The molecule has 0 aliphatic carbocycles. The number of Topliss-reactive ketones (excluding diaryl/α,β-unsaturated/α-hetero) is 1. The van der Waals surface area contributed by atoms with E-state index in [1.165, 1.54) is 0 Å². The van der Waals surface area contributed by atoms with Crippen LogP contribution in [-0.4, -0.2) is 51.8 Å². The SMILES string of the molecule is CS(C)(C)CCOCn1c(C(=O)CBr)nc2ccccc21. The Bertz CT molecular complexity index is 634. The minimum Gasteiger partial charge on any atom is -0.360 e. The smallest absolute Gasteiger partial charge is 0.208 e. The highest BCUT2D eigenvalue weighted by atomic mass is 79.9. The standard InChI is InChI=1S/C15H21BrN2O2S/c1-21(2,3)9-8-20-11-18-13-7-5-4-6-12(13)17-15(18)14(19)10-16/h4-7H,8-11H2,1-3H3. The largest absolute Gasteiger partial charge is 0.360 e. The molecule has 0 saturated carbocycles. The number of hydrogen-bond acceptors (Lipinski definition) is 3. The summed E-state index contributed by atoms with van der Waals surface area (Å²) < 4.78 is 7.63. The Balaban J connectivity index is 2.18. The van der Waals surface area contributed by atoms with Crippen LogP contribution in [0.2, 0.25) is 0 Å². The molecule has 0 unspecified atom stereocenters. The van der Waals surface area contributed by atoms with Crippen molar-refractivity contribution in [3.8, 4) is 0 Å². The molecule has 0 aliphatic rings. The van der Waals surface area contributed by atoms with Gasteiger partial charge in [0.2, 0.25) is 5.78 Å². The number of alkyl halides is 1. The van der Waals surface area contributed by atoms with E-state index in [2.05, 4.69) is 39.7 Å². The van der Waals surface area contributed by atoms with E-state index in [-0.39, 0.29) is 11.1 Å². The Labute approximate surface area is 135 Å². The van der Waals surface area contributed by atoms with Crippen LogP contribution in [0.1, 0.15) is 10.6 Å². The minimum atomic E-state index is -0.563. The fourth-order valence-electron chi connectivity index (χ4n) is 1.94. The number of benzene rings is 1. The minimum absolute atomic E-state index is 0.0313. The Morgan fingerprint density at radius 1 is 1.33 bits per heavy atom. The number of imidazole rings is 1. The highest BCUT2D eigenvalue weighted by Crippen LogP contribution is 2.33. The average molecular weight is 373 g/mol. The van der Waals surface area contributed by atoms with E-state index in [9.17, 15) is 4.79 Å². The molecule has 116 valence electrons. The lowest BCUT2D eigenvalue weighted by atomic mass is 10.3. The van der Waals surface area contributed by atoms with Crippen molar-refractivity contribution < 1.29 is 9.53 Å². The lowest BCUT2D eigenvalue weighted by Crippen LogP contribution is -2.15. The van der Waals surface area contributed by atoms with Gasteiger partial charge in [0, 0.05) is 5.75 Å². The molecule has 6 heteroatoms. The molecular weight excluding hydrogens is 352 g/mol. The Hall–Kier alpha value is -0.850. The molecule has 1 aromatic heterocycles. The van der Waals surface area contributed by atoms with Crippen molar-refractivity contribution in [2.45, 2.75) is 6.73 Å². The first-order chi connectivity index (χ1) is 9.92. The first kappa shape index (κ1) is 16.5. The highest BCUT2D eigenvalue weighted by molar-refractivity contribution is 9.09. The molecule has 2 rings (SSSR count). The van der Waals surface area contributed by atoms with Gasteiger partial charge in [0.1, 0.15) is 6.73 Å². The molecule has 4 nitrogen and oxygen atoms in total. The molecule has 0 spiro atoms. The summed E-state index contributed by atoms with van der Waals surface area (Å²) in [7, 11) is -0.563. The predicted molar refractivity (Wildman–Crippen MR) is 94.0 cm³/mol. The summed E-state index contributed by atoms with van der Waals surface area (Å²) in [4.78, 5) is 16.4. The van der Waals surface area contributed by atoms with Gasteiger partial charge in [-0.25, -0.2) is 15.0 Å². The van der Waals surface area contributed by atoms with E-state index in [1.54, 1.807) is 0 Å². The van der Waals surface area contributed by atoms with Gasteiger partial charge in [-0.1, -0.05) is 28.1 Å². The van der Waals surface area contributed by atoms with Gasteiger partial charge < -0.3 is 4.74 Å². The molecule has 0 atom stereocenters. The second kappa shape index (κ2) is 6.94. The number of carbonyl (C=O) groups excluding carboxylic acids is 1. The van der Waals surface area contributed by atoms with Crippen LogP contribution < -0.4 is 0 Å². The molecule has 0 fully saturated rings. The first-order valence-corrected chi connectivity index (χ1v) is 10.9. The molecule has 0 N–H and O–H groups in total. The van der Waals surface area contributed by atoms with Crippen molar-refractivity contribution in [3.63, 3.8) is 0 Å². The maximum Gasteiger partial charge on any atom is 0.208 e. The van der Waals surface area contributed by atoms with Gasteiger partial charge in [0.15, 0.2) is 5.82 Å². The molecule has 1 aromatic carbocycles. The van der Waals surface area contributed by atoms with Crippen molar-refractivity contribution in [2.75, 3.05) is 36.5 Å². The number of ketones is 1. The molecule has 0 amide bonds. The normalized spacial score (nSPS) is 12.8. The van der Waals surface area contributed by atoms with Crippen LogP contribution in [0.25, 0.3) is 11.0 Å². The summed E-state index contributed by atoms with van der Waals surface area (Å²) in [6.45, 7) is 1.07. The maximum absolute atomic E-state index is 12.0. The quantitative estimate of drug-likeness (QED) is 0.425. The molecule has 0 saturated heterocycles. The summed E-state index contributed by atoms with van der Waals surface area (Å²) >= 11 is 3.21. The molecule has 0 radical (unpaired) electrons. The van der Waals surface area contributed by atoms with Gasteiger partial charge in [-0.05, 0) is 30.9 Å². The number of rotatable bonds is 7. The summed E-state index contributed by atoms with van der Waals surface area (Å²) in [5.74, 6) is 1.48. The summed E-state index contributed by atoms with van der Waals surface area (Å²) in [6.07, 6.45) is 6.80.